The summed E-state index contributed by atoms with van der Waals surface area (Å²) in [7, 11) is 1.90. The van der Waals surface area contributed by atoms with Crippen LogP contribution in [0.25, 0.3) is 5.69 Å². The number of fused-ring (bicyclic) bond motifs is 1. The van der Waals surface area contributed by atoms with E-state index < -0.39 is 0 Å². The van der Waals surface area contributed by atoms with Crippen molar-refractivity contribution < 1.29 is 4.79 Å². The zero-order valence-electron chi connectivity index (χ0n) is 13.8. The van der Waals surface area contributed by atoms with Crippen molar-refractivity contribution in [2.75, 3.05) is 20.1 Å². The Bertz CT molecular complexity index is 779. The first-order chi connectivity index (χ1) is 11.6. The van der Waals surface area contributed by atoms with Crippen molar-refractivity contribution in [3.8, 4) is 5.69 Å². The minimum Gasteiger partial charge on any atom is -0.336 e. The number of carbonyl (C=O) groups is 1. The number of benzene rings is 1. The predicted molar refractivity (Wildman–Crippen MR) is 96.7 cm³/mol. The molecule has 1 amide bonds. The van der Waals surface area contributed by atoms with Crippen LogP contribution in [0, 0.1) is 0 Å². The molecule has 2 heterocycles. The highest BCUT2D eigenvalue weighted by Crippen LogP contribution is 2.29. The molecule has 4 rings (SSSR count). The molecule has 2 aromatic rings. The zero-order valence-corrected chi connectivity index (χ0v) is 15.3. The molecule has 1 aliphatic heterocycles. The third-order valence-electron chi connectivity index (χ3n) is 5.09. The highest BCUT2D eigenvalue weighted by molar-refractivity contribution is 9.10. The van der Waals surface area contributed by atoms with Gasteiger partial charge in [0.2, 0.25) is 0 Å². The Morgan fingerprint density at radius 1 is 1.42 bits per heavy atom. The molecular formula is C18H21BrN4O. The van der Waals surface area contributed by atoms with E-state index in [4.69, 9.17) is 5.10 Å². The van der Waals surface area contributed by atoms with Crippen LogP contribution in [0.3, 0.4) is 0 Å². The van der Waals surface area contributed by atoms with Gasteiger partial charge in [-0.2, -0.15) is 5.10 Å². The van der Waals surface area contributed by atoms with Crippen molar-refractivity contribution in [1.29, 1.82) is 0 Å². The lowest BCUT2D eigenvalue weighted by atomic mass is 10.1. The number of nitrogens with one attached hydrogen (secondary N) is 1. The second-order valence-electron chi connectivity index (χ2n) is 6.58. The van der Waals surface area contributed by atoms with Gasteiger partial charge in [-0.25, -0.2) is 4.68 Å². The van der Waals surface area contributed by atoms with Crippen LogP contribution in [-0.4, -0.2) is 46.8 Å². The number of carbonyl (C=O) groups excluding carboxylic acids is 1. The molecule has 1 aliphatic carbocycles. The molecule has 0 spiro atoms. The smallest absolute Gasteiger partial charge is 0.274 e. The van der Waals surface area contributed by atoms with Crippen LogP contribution in [-0.2, 0) is 12.8 Å². The Labute approximate surface area is 150 Å². The standard InChI is InChI=1S/C18H21BrN4O/c1-22(14-8-9-20-11-14)18(24)17-15-6-3-7-16(15)23(21-17)13-5-2-4-12(19)10-13/h2,4-5,10,14,20H,3,6-9,11H2,1H3. The molecule has 1 aromatic heterocycles. The number of halogens is 1. The molecule has 5 nitrogen and oxygen atoms in total. The van der Waals surface area contributed by atoms with E-state index in [1.165, 1.54) is 5.69 Å². The third-order valence-corrected chi connectivity index (χ3v) is 5.58. The van der Waals surface area contributed by atoms with Gasteiger partial charge in [0.15, 0.2) is 5.69 Å². The maximum absolute atomic E-state index is 13.0. The van der Waals surface area contributed by atoms with Crippen molar-refractivity contribution in [3.05, 3.63) is 45.7 Å². The zero-order chi connectivity index (χ0) is 16.7. The predicted octanol–water partition coefficient (Wildman–Crippen LogP) is 2.56. The molecule has 1 saturated heterocycles. The maximum atomic E-state index is 13.0. The van der Waals surface area contributed by atoms with E-state index in [-0.39, 0.29) is 11.9 Å². The molecule has 6 heteroatoms. The van der Waals surface area contributed by atoms with E-state index in [0.717, 1.165) is 54.5 Å². The fourth-order valence-corrected chi connectivity index (χ4v) is 4.12. The van der Waals surface area contributed by atoms with Gasteiger partial charge in [-0.1, -0.05) is 22.0 Å². The van der Waals surface area contributed by atoms with Crippen molar-refractivity contribution in [1.82, 2.24) is 20.0 Å². The van der Waals surface area contributed by atoms with Crippen LogP contribution >= 0.6 is 15.9 Å². The van der Waals surface area contributed by atoms with E-state index in [1.54, 1.807) is 0 Å². The topological polar surface area (TPSA) is 50.2 Å². The fraction of sp³-hybridized carbons (Fsp3) is 0.444. The average Bonchev–Trinajstić information content (AvgIpc) is 3.30. The van der Waals surface area contributed by atoms with Gasteiger partial charge >= 0.3 is 0 Å². The lowest BCUT2D eigenvalue weighted by molar-refractivity contribution is 0.0736. The molecule has 24 heavy (non-hydrogen) atoms. The summed E-state index contributed by atoms with van der Waals surface area (Å²) >= 11 is 3.52. The lowest BCUT2D eigenvalue weighted by Gasteiger charge is -2.23. The minimum absolute atomic E-state index is 0.0515. The molecule has 1 atom stereocenters. The summed E-state index contributed by atoms with van der Waals surface area (Å²) < 4.78 is 2.98. The molecule has 0 radical (unpaired) electrons. The van der Waals surface area contributed by atoms with Gasteiger partial charge in [0.1, 0.15) is 0 Å². The van der Waals surface area contributed by atoms with Crippen LogP contribution < -0.4 is 5.32 Å². The number of amides is 1. The normalized spacial score (nSPS) is 19.5. The number of nitrogens with zero attached hydrogens (tertiary/aromatic N) is 3. The summed E-state index contributed by atoms with van der Waals surface area (Å²) in [6.45, 7) is 1.85. The summed E-state index contributed by atoms with van der Waals surface area (Å²) in [6, 6.07) is 8.35. The highest BCUT2D eigenvalue weighted by atomic mass is 79.9. The monoisotopic (exact) mass is 388 g/mol. The van der Waals surface area contributed by atoms with Crippen LogP contribution in [0.5, 0.6) is 0 Å². The Morgan fingerprint density at radius 2 is 2.29 bits per heavy atom. The summed E-state index contributed by atoms with van der Waals surface area (Å²) in [6.07, 6.45) is 4.03. The first kappa shape index (κ1) is 15.8. The molecule has 2 aliphatic rings. The number of rotatable bonds is 3. The van der Waals surface area contributed by atoms with Crippen molar-refractivity contribution >= 4 is 21.8 Å². The summed E-state index contributed by atoms with van der Waals surface area (Å²) in [4.78, 5) is 14.9. The molecule has 1 aromatic carbocycles. The van der Waals surface area contributed by atoms with Gasteiger partial charge in [0.25, 0.3) is 5.91 Å². The maximum Gasteiger partial charge on any atom is 0.274 e. The second-order valence-corrected chi connectivity index (χ2v) is 7.50. The molecule has 0 saturated carbocycles. The molecule has 1 unspecified atom stereocenters. The van der Waals surface area contributed by atoms with Gasteiger partial charge in [0.05, 0.1) is 5.69 Å². The Hall–Kier alpha value is -1.66. The van der Waals surface area contributed by atoms with Crippen LogP contribution in [0.2, 0.25) is 0 Å². The van der Waals surface area contributed by atoms with Crippen LogP contribution in [0.1, 0.15) is 34.6 Å². The van der Waals surface area contributed by atoms with E-state index in [9.17, 15) is 4.79 Å². The lowest BCUT2D eigenvalue weighted by Crippen LogP contribution is -2.39. The summed E-state index contributed by atoms with van der Waals surface area (Å²) in [5.41, 5.74) is 3.97. The SMILES string of the molecule is CN(C(=O)c1nn(-c2cccc(Br)c2)c2c1CCC2)C1CCNC1. The number of hydrogen-bond donors (Lipinski definition) is 1. The van der Waals surface area contributed by atoms with Gasteiger partial charge in [-0.3, -0.25) is 4.79 Å². The van der Waals surface area contributed by atoms with Crippen molar-refractivity contribution in [3.63, 3.8) is 0 Å². The van der Waals surface area contributed by atoms with Crippen LogP contribution in [0.15, 0.2) is 28.7 Å². The van der Waals surface area contributed by atoms with Gasteiger partial charge in [-0.05, 0) is 50.4 Å². The average molecular weight is 389 g/mol. The third kappa shape index (κ3) is 2.67. The first-order valence-corrected chi connectivity index (χ1v) is 9.29. The highest BCUT2D eigenvalue weighted by Gasteiger charge is 2.31. The number of hydrogen-bond acceptors (Lipinski definition) is 3. The molecule has 1 N–H and O–H groups in total. The number of likely N-dealkylation sites (N-methyl/N-ethyl adjacent to an activating group) is 1. The minimum atomic E-state index is 0.0515. The first-order valence-electron chi connectivity index (χ1n) is 8.50. The van der Waals surface area contributed by atoms with Crippen LogP contribution in [0.4, 0.5) is 0 Å². The summed E-state index contributed by atoms with van der Waals surface area (Å²) in [5.74, 6) is 0.0515. The molecule has 1 fully saturated rings. The molecule has 126 valence electrons. The van der Waals surface area contributed by atoms with E-state index in [0.29, 0.717) is 5.69 Å². The second kappa shape index (κ2) is 6.33. The van der Waals surface area contributed by atoms with E-state index in [1.807, 2.05) is 40.9 Å². The number of aromatic nitrogens is 2. The molecular weight excluding hydrogens is 368 g/mol. The van der Waals surface area contributed by atoms with Crippen molar-refractivity contribution in [2.45, 2.75) is 31.7 Å². The Morgan fingerprint density at radius 3 is 3.04 bits per heavy atom. The molecule has 0 bridgehead atoms. The van der Waals surface area contributed by atoms with Crippen molar-refractivity contribution in [2.24, 2.45) is 0 Å². The largest absolute Gasteiger partial charge is 0.336 e. The van der Waals surface area contributed by atoms with Gasteiger partial charge < -0.3 is 10.2 Å². The van der Waals surface area contributed by atoms with E-state index in [2.05, 4.69) is 21.2 Å². The van der Waals surface area contributed by atoms with Gasteiger partial charge in [0, 0.05) is 35.4 Å². The quantitative estimate of drug-likeness (QED) is 0.878. The Balaban J connectivity index is 1.72. The van der Waals surface area contributed by atoms with Gasteiger partial charge in [-0.15, -0.1) is 0 Å². The Kier molecular flexibility index (Phi) is 4.18. The fourth-order valence-electron chi connectivity index (χ4n) is 3.73. The van der Waals surface area contributed by atoms with E-state index >= 15 is 0 Å². The summed E-state index contributed by atoms with van der Waals surface area (Å²) in [5, 5.41) is 8.04.